The molecule has 0 radical (unpaired) electrons. The third kappa shape index (κ3) is 4.82. The average Bonchev–Trinajstić information content (AvgIpc) is 2.24. The standard InChI is InChI=1S/C12H16N2O4/c1-12(2,3)13-11(15)8-18-10-6-4-9(5-7-10)14(16)17/h4-7H,8H2,1-3H3,(H,13,15). The van der Waals surface area contributed by atoms with E-state index in [1.165, 1.54) is 24.3 Å². The normalized spacial score (nSPS) is 10.8. The van der Waals surface area contributed by atoms with Crippen molar-refractivity contribution in [3.8, 4) is 5.75 Å². The molecule has 1 N–H and O–H groups in total. The summed E-state index contributed by atoms with van der Waals surface area (Å²) in [5.41, 5.74) is -0.322. The van der Waals surface area contributed by atoms with Gasteiger partial charge in [-0.05, 0) is 32.9 Å². The second kappa shape index (κ2) is 5.48. The molecule has 0 bridgehead atoms. The fourth-order valence-electron chi connectivity index (χ4n) is 1.27. The first-order valence-electron chi connectivity index (χ1n) is 5.46. The lowest BCUT2D eigenvalue weighted by Crippen LogP contribution is -2.43. The van der Waals surface area contributed by atoms with E-state index >= 15 is 0 Å². The Morgan fingerprint density at radius 2 is 1.89 bits per heavy atom. The van der Waals surface area contributed by atoms with Gasteiger partial charge in [-0.1, -0.05) is 0 Å². The third-order valence-electron chi connectivity index (χ3n) is 1.93. The Bertz CT molecular complexity index is 434. The van der Waals surface area contributed by atoms with Gasteiger partial charge in [-0.25, -0.2) is 0 Å². The molecule has 0 aliphatic carbocycles. The van der Waals surface area contributed by atoms with E-state index in [1.807, 2.05) is 20.8 Å². The van der Waals surface area contributed by atoms with E-state index in [0.29, 0.717) is 5.75 Å². The van der Waals surface area contributed by atoms with Crippen LogP contribution < -0.4 is 10.1 Å². The monoisotopic (exact) mass is 252 g/mol. The Morgan fingerprint density at radius 1 is 1.33 bits per heavy atom. The summed E-state index contributed by atoms with van der Waals surface area (Å²) < 4.78 is 5.21. The van der Waals surface area contributed by atoms with Crippen LogP contribution in [-0.2, 0) is 4.79 Å². The molecule has 1 aromatic rings. The van der Waals surface area contributed by atoms with Crippen LogP contribution in [0.1, 0.15) is 20.8 Å². The molecule has 1 aromatic carbocycles. The van der Waals surface area contributed by atoms with Gasteiger partial charge in [-0.3, -0.25) is 14.9 Å². The number of nitrogens with zero attached hydrogens (tertiary/aromatic N) is 1. The highest BCUT2D eigenvalue weighted by atomic mass is 16.6. The van der Waals surface area contributed by atoms with Gasteiger partial charge in [0.2, 0.25) is 0 Å². The minimum absolute atomic E-state index is 0.0125. The van der Waals surface area contributed by atoms with Crippen LogP contribution in [-0.4, -0.2) is 23.0 Å². The molecule has 0 heterocycles. The molecule has 0 aromatic heterocycles. The molecule has 1 rings (SSSR count). The Labute approximate surface area is 105 Å². The van der Waals surface area contributed by atoms with Gasteiger partial charge >= 0.3 is 0 Å². The van der Waals surface area contributed by atoms with Crippen LogP contribution in [0.4, 0.5) is 5.69 Å². The van der Waals surface area contributed by atoms with Gasteiger partial charge in [-0.15, -0.1) is 0 Å². The fraction of sp³-hybridized carbons (Fsp3) is 0.417. The van der Waals surface area contributed by atoms with Gasteiger partial charge in [0.05, 0.1) is 4.92 Å². The van der Waals surface area contributed by atoms with Gasteiger partial charge in [0, 0.05) is 17.7 Å². The predicted octanol–water partition coefficient (Wildman–Crippen LogP) is 1.89. The summed E-state index contributed by atoms with van der Waals surface area (Å²) in [6, 6.07) is 5.58. The lowest BCUT2D eigenvalue weighted by molar-refractivity contribution is -0.384. The summed E-state index contributed by atoms with van der Waals surface area (Å²) in [5, 5.41) is 13.2. The fourth-order valence-corrected chi connectivity index (χ4v) is 1.27. The molecule has 0 fully saturated rings. The van der Waals surface area contributed by atoms with Crippen molar-refractivity contribution in [2.24, 2.45) is 0 Å². The zero-order chi connectivity index (χ0) is 13.8. The molecule has 0 saturated heterocycles. The first kappa shape index (κ1) is 14.0. The molecule has 6 heteroatoms. The molecule has 1 amide bonds. The summed E-state index contributed by atoms with van der Waals surface area (Å²) in [7, 11) is 0. The van der Waals surface area contributed by atoms with Crippen molar-refractivity contribution in [2.75, 3.05) is 6.61 Å². The van der Waals surface area contributed by atoms with E-state index < -0.39 is 4.92 Å². The first-order valence-corrected chi connectivity index (χ1v) is 5.46. The summed E-state index contributed by atoms with van der Waals surface area (Å²) in [6.45, 7) is 5.50. The van der Waals surface area contributed by atoms with Crippen molar-refractivity contribution in [1.82, 2.24) is 5.32 Å². The second-order valence-corrected chi connectivity index (χ2v) is 4.84. The number of carbonyl (C=O) groups excluding carboxylic acids is 1. The first-order chi connectivity index (χ1) is 8.28. The number of non-ortho nitro benzene ring substituents is 1. The largest absolute Gasteiger partial charge is 0.484 e. The van der Waals surface area contributed by atoms with E-state index in [-0.39, 0.29) is 23.7 Å². The molecule has 0 aliphatic rings. The molecule has 18 heavy (non-hydrogen) atoms. The molecule has 0 atom stereocenters. The van der Waals surface area contributed by atoms with Gasteiger partial charge < -0.3 is 10.1 Å². The number of amides is 1. The van der Waals surface area contributed by atoms with E-state index in [2.05, 4.69) is 5.32 Å². The van der Waals surface area contributed by atoms with Crippen LogP contribution in [0.3, 0.4) is 0 Å². The third-order valence-corrected chi connectivity index (χ3v) is 1.93. The number of hydrogen-bond acceptors (Lipinski definition) is 4. The molecule has 0 unspecified atom stereocenters. The minimum Gasteiger partial charge on any atom is -0.484 e. The van der Waals surface area contributed by atoms with Crippen molar-refractivity contribution >= 4 is 11.6 Å². The van der Waals surface area contributed by atoms with E-state index in [4.69, 9.17) is 4.74 Å². The number of rotatable bonds is 4. The number of ether oxygens (including phenoxy) is 1. The maximum atomic E-state index is 11.5. The zero-order valence-corrected chi connectivity index (χ0v) is 10.6. The highest BCUT2D eigenvalue weighted by Crippen LogP contribution is 2.17. The number of nitro groups is 1. The SMILES string of the molecule is CC(C)(C)NC(=O)COc1ccc([N+](=O)[O-])cc1. The lowest BCUT2D eigenvalue weighted by atomic mass is 10.1. The van der Waals surface area contributed by atoms with Crippen molar-refractivity contribution < 1.29 is 14.5 Å². The van der Waals surface area contributed by atoms with Crippen LogP contribution in [0.25, 0.3) is 0 Å². The van der Waals surface area contributed by atoms with Crippen molar-refractivity contribution in [1.29, 1.82) is 0 Å². The van der Waals surface area contributed by atoms with E-state index in [1.54, 1.807) is 0 Å². The molecule has 0 aliphatic heterocycles. The maximum Gasteiger partial charge on any atom is 0.269 e. The number of carbonyl (C=O) groups is 1. The molecule has 0 saturated carbocycles. The predicted molar refractivity (Wildman–Crippen MR) is 66.5 cm³/mol. The number of nitrogens with one attached hydrogen (secondary N) is 1. The molecule has 98 valence electrons. The highest BCUT2D eigenvalue weighted by Gasteiger charge is 2.14. The zero-order valence-electron chi connectivity index (χ0n) is 10.6. The Balaban J connectivity index is 2.49. The number of nitro benzene ring substituents is 1. The van der Waals surface area contributed by atoms with Gasteiger partial charge in [-0.2, -0.15) is 0 Å². The van der Waals surface area contributed by atoms with Crippen LogP contribution in [0.15, 0.2) is 24.3 Å². The summed E-state index contributed by atoms with van der Waals surface area (Å²) in [6.07, 6.45) is 0. The van der Waals surface area contributed by atoms with Crippen molar-refractivity contribution in [2.45, 2.75) is 26.3 Å². The van der Waals surface area contributed by atoms with Crippen LogP contribution in [0.2, 0.25) is 0 Å². The minimum atomic E-state index is -0.490. The van der Waals surface area contributed by atoms with Gasteiger partial charge in [0.1, 0.15) is 5.75 Å². The van der Waals surface area contributed by atoms with Crippen molar-refractivity contribution in [3.05, 3.63) is 34.4 Å². The van der Waals surface area contributed by atoms with Crippen LogP contribution in [0, 0.1) is 10.1 Å². The molecule has 0 spiro atoms. The van der Waals surface area contributed by atoms with E-state index in [9.17, 15) is 14.9 Å². The quantitative estimate of drug-likeness (QED) is 0.655. The smallest absolute Gasteiger partial charge is 0.269 e. The molecular weight excluding hydrogens is 236 g/mol. The highest BCUT2D eigenvalue weighted by molar-refractivity contribution is 5.78. The number of benzene rings is 1. The van der Waals surface area contributed by atoms with E-state index in [0.717, 1.165) is 0 Å². The van der Waals surface area contributed by atoms with Gasteiger partial charge in [0.15, 0.2) is 6.61 Å². The average molecular weight is 252 g/mol. The summed E-state index contributed by atoms with van der Waals surface area (Å²) in [4.78, 5) is 21.4. The van der Waals surface area contributed by atoms with Crippen molar-refractivity contribution in [3.63, 3.8) is 0 Å². The van der Waals surface area contributed by atoms with Crippen LogP contribution >= 0.6 is 0 Å². The number of hydrogen-bond donors (Lipinski definition) is 1. The summed E-state index contributed by atoms with van der Waals surface area (Å²) >= 11 is 0. The summed E-state index contributed by atoms with van der Waals surface area (Å²) in [5.74, 6) is 0.186. The Hall–Kier alpha value is -2.11. The maximum absolute atomic E-state index is 11.5. The van der Waals surface area contributed by atoms with Crippen LogP contribution in [0.5, 0.6) is 5.75 Å². The molecular formula is C12H16N2O4. The topological polar surface area (TPSA) is 81.5 Å². The molecule has 6 nitrogen and oxygen atoms in total. The Morgan fingerprint density at radius 3 is 2.33 bits per heavy atom. The lowest BCUT2D eigenvalue weighted by Gasteiger charge is -2.20. The van der Waals surface area contributed by atoms with Gasteiger partial charge in [0.25, 0.3) is 11.6 Å². The second-order valence-electron chi connectivity index (χ2n) is 4.84. The Kier molecular flexibility index (Phi) is 4.25.